The van der Waals surface area contributed by atoms with Crippen molar-refractivity contribution in [3.8, 4) is 11.8 Å². The molecule has 0 aliphatic heterocycles. The van der Waals surface area contributed by atoms with Crippen LogP contribution in [0.1, 0.15) is 25.3 Å². The van der Waals surface area contributed by atoms with Crippen molar-refractivity contribution >= 4 is 11.4 Å². The molecule has 0 aromatic heterocycles. The maximum Gasteiger partial charge on any atom is 0.0495 e. The average Bonchev–Trinajstić information content (AvgIpc) is 2.87. The first-order chi connectivity index (χ1) is 6.59. The number of benzene rings is 1. The summed E-state index contributed by atoms with van der Waals surface area (Å²) in [6, 6.07) is 5.42. The van der Waals surface area contributed by atoms with Crippen LogP contribution in [0.4, 0.5) is 11.4 Å². The molecule has 1 aromatic rings. The molecule has 1 aliphatic rings. The number of hydrogen-bond donors (Lipinski definition) is 2. The highest BCUT2D eigenvalue weighted by Gasteiger charge is 2.35. The highest BCUT2D eigenvalue weighted by molar-refractivity contribution is 5.62. The van der Waals surface area contributed by atoms with Gasteiger partial charge in [0.1, 0.15) is 0 Å². The fraction of sp³-hybridized carbons (Fsp3) is 0.333. The van der Waals surface area contributed by atoms with Crippen molar-refractivity contribution in [2.75, 3.05) is 11.5 Å². The second-order valence-electron chi connectivity index (χ2n) is 4.16. The van der Waals surface area contributed by atoms with Crippen LogP contribution < -0.4 is 11.5 Å². The minimum absolute atomic E-state index is 0.233. The smallest absolute Gasteiger partial charge is 0.0495 e. The molecule has 1 aromatic carbocycles. The summed E-state index contributed by atoms with van der Waals surface area (Å²) in [5.41, 5.74) is 13.9. The van der Waals surface area contributed by atoms with Crippen LogP contribution >= 0.6 is 0 Å². The maximum atomic E-state index is 5.78. The van der Waals surface area contributed by atoms with E-state index in [-0.39, 0.29) is 5.41 Å². The first-order valence-electron chi connectivity index (χ1n) is 4.77. The Labute approximate surface area is 84.3 Å². The minimum atomic E-state index is 0.233. The summed E-state index contributed by atoms with van der Waals surface area (Å²) >= 11 is 0. The molecular weight excluding hydrogens is 172 g/mol. The van der Waals surface area contributed by atoms with Gasteiger partial charge in [-0.2, -0.15) is 0 Å². The first-order valence-corrected chi connectivity index (χ1v) is 4.77. The third-order valence-corrected chi connectivity index (χ3v) is 2.58. The largest absolute Gasteiger partial charge is 0.399 e. The molecule has 4 N–H and O–H groups in total. The van der Waals surface area contributed by atoms with Crippen LogP contribution in [0.5, 0.6) is 0 Å². The van der Waals surface area contributed by atoms with Crippen molar-refractivity contribution in [3.05, 3.63) is 23.8 Å². The molecule has 14 heavy (non-hydrogen) atoms. The van der Waals surface area contributed by atoms with Gasteiger partial charge in [-0.05, 0) is 38.0 Å². The summed E-state index contributed by atoms with van der Waals surface area (Å²) in [4.78, 5) is 0. The molecule has 1 fully saturated rings. The van der Waals surface area contributed by atoms with Gasteiger partial charge in [0, 0.05) is 22.4 Å². The van der Waals surface area contributed by atoms with E-state index in [0.717, 1.165) is 5.56 Å². The summed E-state index contributed by atoms with van der Waals surface area (Å²) in [6.45, 7) is 2.17. The lowest BCUT2D eigenvalue weighted by atomic mass is 10.1. The SMILES string of the molecule is CC1(C#Cc2cc(N)ccc2N)CC1. The van der Waals surface area contributed by atoms with Crippen LogP contribution in [-0.4, -0.2) is 0 Å². The Morgan fingerprint density at radius 3 is 2.64 bits per heavy atom. The number of nitrogen functional groups attached to an aromatic ring is 2. The van der Waals surface area contributed by atoms with Gasteiger partial charge in [-0.15, -0.1) is 0 Å². The first kappa shape index (κ1) is 8.96. The lowest BCUT2D eigenvalue weighted by Gasteiger charge is -2.00. The fourth-order valence-corrected chi connectivity index (χ4v) is 1.21. The monoisotopic (exact) mass is 186 g/mol. The van der Waals surface area contributed by atoms with E-state index in [1.54, 1.807) is 12.1 Å². The van der Waals surface area contributed by atoms with Crippen molar-refractivity contribution in [1.82, 2.24) is 0 Å². The predicted molar refractivity (Wildman–Crippen MR) is 59.5 cm³/mol. The van der Waals surface area contributed by atoms with Gasteiger partial charge in [0.15, 0.2) is 0 Å². The Kier molecular flexibility index (Phi) is 1.89. The number of nitrogens with two attached hydrogens (primary N) is 2. The molecule has 0 saturated heterocycles. The van der Waals surface area contributed by atoms with Gasteiger partial charge in [0.2, 0.25) is 0 Å². The molecule has 1 saturated carbocycles. The Hall–Kier alpha value is -1.62. The summed E-state index contributed by atoms with van der Waals surface area (Å²) in [7, 11) is 0. The van der Waals surface area contributed by atoms with E-state index in [2.05, 4.69) is 18.8 Å². The molecule has 0 amide bonds. The number of rotatable bonds is 0. The van der Waals surface area contributed by atoms with E-state index in [1.165, 1.54) is 12.8 Å². The Bertz CT molecular complexity index is 420. The lowest BCUT2D eigenvalue weighted by molar-refractivity contribution is 0.783. The molecular formula is C12H14N2. The zero-order valence-electron chi connectivity index (χ0n) is 8.30. The van der Waals surface area contributed by atoms with Crippen molar-refractivity contribution in [2.45, 2.75) is 19.8 Å². The van der Waals surface area contributed by atoms with Crippen molar-refractivity contribution in [1.29, 1.82) is 0 Å². The molecule has 0 radical (unpaired) electrons. The maximum absolute atomic E-state index is 5.78. The molecule has 72 valence electrons. The van der Waals surface area contributed by atoms with Crippen LogP contribution in [0.15, 0.2) is 18.2 Å². The normalized spacial score (nSPS) is 16.9. The molecule has 0 spiro atoms. The summed E-state index contributed by atoms with van der Waals surface area (Å²) in [6.07, 6.45) is 2.39. The molecule has 2 rings (SSSR count). The summed E-state index contributed by atoms with van der Waals surface area (Å²) in [5.74, 6) is 6.33. The highest BCUT2D eigenvalue weighted by atomic mass is 14.6. The molecule has 0 bridgehead atoms. The topological polar surface area (TPSA) is 52.0 Å². The zero-order chi connectivity index (χ0) is 10.2. The molecule has 0 atom stereocenters. The van der Waals surface area contributed by atoms with Gasteiger partial charge >= 0.3 is 0 Å². The van der Waals surface area contributed by atoms with Gasteiger partial charge in [-0.1, -0.05) is 11.8 Å². The van der Waals surface area contributed by atoms with Crippen LogP contribution in [-0.2, 0) is 0 Å². The van der Waals surface area contributed by atoms with E-state index in [4.69, 9.17) is 11.5 Å². The van der Waals surface area contributed by atoms with Crippen LogP contribution in [0, 0.1) is 17.3 Å². The van der Waals surface area contributed by atoms with E-state index in [9.17, 15) is 0 Å². The van der Waals surface area contributed by atoms with Gasteiger partial charge in [0.25, 0.3) is 0 Å². The van der Waals surface area contributed by atoms with Crippen molar-refractivity contribution in [2.24, 2.45) is 5.41 Å². The Morgan fingerprint density at radius 1 is 1.29 bits per heavy atom. The number of anilines is 2. The quantitative estimate of drug-likeness (QED) is 0.481. The predicted octanol–water partition coefficient (Wildman–Crippen LogP) is 2.00. The van der Waals surface area contributed by atoms with Gasteiger partial charge < -0.3 is 11.5 Å². The summed E-state index contributed by atoms with van der Waals surface area (Å²) < 4.78 is 0. The third kappa shape index (κ3) is 1.82. The van der Waals surface area contributed by atoms with E-state index in [1.807, 2.05) is 6.07 Å². The Morgan fingerprint density at radius 2 is 2.00 bits per heavy atom. The second-order valence-corrected chi connectivity index (χ2v) is 4.16. The fourth-order valence-electron chi connectivity index (χ4n) is 1.21. The highest BCUT2D eigenvalue weighted by Crippen LogP contribution is 2.44. The van der Waals surface area contributed by atoms with Crippen molar-refractivity contribution in [3.63, 3.8) is 0 Å². The van der Waals surface area contributed by atoms with Crippen molar-refractivity contribution < 1.29 is 0 Å². The standard InChI is InChI=1S/C12H14N2/c1-12(6-7-12)5-4-9-8-10(13)2-3-11(9)14/h2-3,8H,6-7,13-14H2,1H3. The van der Waals surface area contributed by atoms with Gasteiger partial charge in [-0.25, -0.2) is 0 Å². The minimum Gasteiger partial charge on any atom is -0.399 e. The van der Waals surface area contributed by atoms with Crippen LogP contribution in [0.2, 0.25) is 0 Å². The van der Waals surface area contributed by atoms with Gasteiger partial charge in [-0.3, -0.25) is 0 Å². The van der Waals surface area contributed by atoms with E-state index >= 15 is 0 Å². The molecule has 1 aliphatic carbocycles. The number of hydrogen-bond acceptors (Lipinski definition) is 2. The van der Waals surface area contributed by atoms with E-state index in [0.29, 0.717) is 11.4 Å². The van der Waals surface area contributed by atoms with E-state index < -0.39 is 0 Å². The average molecular weight is 186 g/mol. The third-order valence-electron chi connectivity index (χ3n) is 2.58. The molecule has 2 heteroatoms. The second kappa shape index (κ2) is 2.95. The summed E-state index contributed by atoms with van der Waals surface area (Å²) in [5, 5.41) is 0. The lowest BCUT2D eigenvalue weighted by Crippen LogP contribution is -1.93. The molecule has 0 heterocycles. The zero-order valence-corrected chi connectivity index (χ0v) is 8.30. The van der Waals surface area contributed by atoms with Gasteiger partial charge in [0.05, 0.1) is 0 Å². The Balaban J connectivity index is 2.30. The molecule has 0 unspecified atom stereocenters. The van der Waals surface area contributed by atoms with Crippen LogP contribution in [0.3, 0.4) is 0 Å². The molecule has 2 nitrogen and oxygen atoms in total. The van der Waals surface area contributed by atoms with Crippen LogP contribution in [0.25, 0.3) is 0 Å².